The van der Waals surface area contributed by atoms with E-state index in [-0.39, 0.29) is 0 Å². The minimum Gasteiger partial charge on any atom is -0.413 e. The van der Waals surface area contributed by atoms with Crippen LogP contribution in [0.15, 0.2) is 55.1 Å². The summed E-state index contributed by atoms with van der Waals surface area (Å²) < 4.78 is 13.0. The van der Waals surface area contributed by atoms with Gasteiger partial charge in [-0.25, -0.2) is 0 Å². The molecule has 34 heavy (non-hydrogen) atoms. The van der Waals surface area contributed by atoms with Crippen molar-refractivity contribution in [3.8, 4) is 0 Å². The highest BCUT2D eigenvalue weighted by molar-refractivity contribution is 6.87. The Hall–Kier alpha value is -1.47. The number of benzene rings is 2. The summed E-state index contributed by atoms with van der Waals surface area (Å²) in [6, 6.07) is 23.1. The van der Waals surface area contributed by atoms with Crippen LogP contribution < -0.4 is 10.4 Å². The lowest BCUT2D eigenvalue weighted by Gasteiger charge is -2.31. The third-order valence-corrected chi connectivity index (χ3v) is 16.7. The van der Waals surface area contributed by atoms with Crippen molar-refractivity contribution in [1.29, 1.82) is 0 Å². The second kappa shape index (κ2) is 14.2. The van der Waals surface area contributed by atoms with Crippen LogP contribution in [0.2, 0.25) is 24.2 Å². The Morgan fingerprint density at radius 2 is 0.853 bits per heavy atom. The first kappa shape index (κ1) is 28.8. The molecule has 0 N–H and O–H groups in total. The third-order valence-electron chi connectivity index (χ3n) is 6.98. The minimum atomic E-state index is -1.90. The Morgan fingerprint density at radius 1 is 0.559 bits per heavy atom. The predicted molar refractivity (Wildman–Crippen MR) is 155 cm³/mol. The molecule has 0 unspecified atom stereocenters. The molecule has 0 bridgehead atoms. The molecule has 2 rings (SSSR count). The van der Waals surface area contributed by atoms with Gasteiger partial charge in [0.25, 0.3) is 0 Å². The van der Waals surface area contributed by atoms with Crippen molar-refractivity contribution in [1.82, 2.24) is 0 Å². The van der Waals surface area contributed by atoms with Gasteiger partial charge in [0.2, 0.25) is 16.6 Å². The second-order valence-electron chi connectivity index (χ2n) is 9.49. The molecule has 0 saturated carbocycles. The Morgan fingerprint density at radius 3 is 1.09 bits per heavy atom. The first-order chi connectivity index (χ1) is 16.5. The molecule has 0 spiro atoms. The van der Waals surface area contributed by atoms with Crippen LogP contribution in [0, 0.1) is 0 Å². The van der Waals surface area contributed by atoms with Gasteiger partial charge in [0.15, 0.2) is 0 Å². The van der Waals surface area contributed by atoms with Crippen molar-refractivity contribution in [2.24, 2.45) is 0 Å². The molecule has 0 aliphatic heterocycles. The predicted octanol–water partition coefficient (Wildman–Crippen LogP) is 7.77. The van der Waals surface area contributed by atoms with Gasteiger partial charge >= 0.3 is 0 Å². The maximum atomic E-state index is 6.49. The van der Waals surface area contributed by atoms with Gasteiger partial charge in [0.1, 0.15) is 0 Å². The number of hydrogen-bond acceptors (Lipinski definition) is 2. The zero-order valence-electron chi connectivity index (χ0n) is 22.7. The SMILES string of the molecule is C=C(c1ccc([Si](CCC)(CCC)OCC)cc1)c1ccc([Si](CCC)(CCC)OCC)cc1. The van der Waals surface area contributed by atoms with Gasteiger partial charge in [0, 0.05) is 13.2 Å². The summed E-state index contributed by atoms with van der Waals surface area (Å²) in [5.74, 6) is 0. The quantitative estimate of drug-likeness (QED) is 0.221. The van der Waals surface area contributed by atoms with Gasteiger partial charge in [-0.05, 0) is 65.1 Å². The van der Waals surface area contributed by atoms with E-state index >= 15 is 0 Å². The molecule has 0 atom stereocenters. The molecule has 0 radical (unpaired) electrons. The second-order valence-corrected chi connectivity index (χ2v) is 17.2. The molecule has 188 valence electrons. The van der Waals surface area contributed by atoms with Crippen LogP contribution in [-0.2, 0) is 8.85 Å². The molecular formula is C30H48O2Si2. The van der Waals surface area contributed by atoms with E-state index in [0.717, 1.165) is 18.8 Å². The maximum absolute atomic E-state index is 6.49. The maximum Gasteiger partial charge on any atom is 0.224 e. The molecule has 0 aromatic heterocycles. The van der Waals surface area contributed by atoms with E-state index in [1.165, 1.54) is 71.4 Å². The van der Waals surface area contributed by atoms with Crippen LogP contribution in [0.1, 0.15) is 78.4 Å². The third kappa shape index (κ3) is 6.81. The summed E-state index contributed by atoms with van der Waals surface area (Å²) in [4.78, 5) is 0. The molecule has 2 nitrogen and oxygen atoms in total. The molecule has 2 aromatic rings. The van der Waals surface area contributed by atoms with Crippen molar-refractivity contribution in [3.63, 3.8) is 0 Å². The summed E-state index contributed by atoms with van der Waals surface area (Å²) in [5, 5.41) is 2.85. The monoisotopic (exact) mass is 496 g/mol. The highest BCUT2D eigenvalue weighted by atomic mass is 28.4. The highest BCUT2D eigenvalue weighted by Crippen LogP contribution is 2.26. The van der Waals surface area contributed by atoms with Crippen molar-refractivity contribution >= 4 is 32.6 Å². The summed E-state index contributed by atoms with van der Waals surface area (Å²) in [5.41, 5.74) is 3.47. The van der Waals surface area contributed by atoms with Crippen LogP contribution in [0.3, 0.4) is 0 Å². The zero-order chi connectivity index (χ0) is 25.0. The standard InChI is InChI=1S/C30H48O2Si2/c1-8-22-33(23-9-2,31-12-5)29-18-14-27(15-19-29)26(7)28-16-20-30(21-17-28)34(24-10-3,25-11-4)32-13-6/h14-21H,7-13,22-25H2,1-6H3. The average Bonchev–Trinajstić information content (AvgIpc) is 2.84. The van der Waals surface area contributed by atoms with Crippen molar-refractivity contribution < 1.29 is 8.85 Å². The van der Waals surface area contributed by atoms with E-state index < -0.39 is 16.6 Å². The fraction of sp³-hybridized carbons (Fsp3) is 0.533. The van der Waals surface area contributed by atoms with Gasteiger partial charge in [-0.2, -0.15) is 0 Å². The Kier molecular flexibility index (Phi) is 12.0. The largest absolute Gasteiger partial charge is 0.413 e. The van der Waals surface area contributed by atoms with Crippen LogP contribution in [-0.4, -0.2) is 29.8 Å². The van der Waals surface area contributed by atoms with Crippen LogP contribution in [0.5, 0.6) is 0 Å². The first-order valence-electron chi connectivity index (χ1n) is 13.6. The fourth-order valence-electron chi connectivity index (χ4n) is 5.57. The van der Waals surface area contributed by atoms with Gasteiger partial charge in [-0.15, -0.1) is 0 Å². The minimum absolute atomic E-state index is 0.801. The molecule has 4 heteroatoms. The van der Waals surface area contributed by atoms with Gasteiger partial charge < -0.3 is 8.85 Å². The summed E-state index contributed by atoms with van der Waals surface area (Å²) in [7, 11) is -3.80. The summed E-state index contributed by atoms with van der Waals surface area (Å²) in [6.07, 6.45) is 4.70. The van der Waals surface area contributed by atoms with Crippen LogP contribution in [0.25, 0.3) is 5.57 Å². The van der Waals surface area contributed by atoms with E-state index in [1.54, 1.807) is 0 Å². The van der Waals surface area contributed by atoms with Gasteiger partial charge in [0.05, 0.1) is 0 Å². The lowest BCUT2D eigenvalue weighted by Crippen LogP contribution is -2.50. The van der Waals surface area contributed by atoms with Crippen molar-refractivity contribution in [2.45, 2.75) is 91.4 Å². The zero-order valence-corrected chi connectivity index (χ0v) is 24.7. The average molecular weight is 497 g/mol. The summed E-state index contributed by atoms with van der Waals surface area (Å²) in [6.45, 7) is 19.4. The fourth-order valence-corrected chi connectivity index (χ4v) is 14.0. The Balaban J connectivity index is 2.30. The Labute approximate surface area is 212 Å². The molecule has 0 aliphatic carbocycles. The van der Waals surface area contributed by atoms with Gasteiger partial charge in [-0.3, -0.25) is 0 Å². The molecule has 2 aromatic carbocycles. The molecule has 0 fully saturated rings. The lowest BCUT2D eigenvalue weighted by molar-refractivity contribution is 0.327. The van der Waals surface area contributed by atoms with E-state index in [1.807, 2.05) is 0 Å². The summed E-state index contributed by atoms with van der Waals surface area (Å²) >= 11 is 0. The highest BCUT2D eigenvalue weighted by Gasteiger charge is 2.36. The van der Waals surface area contributed by atoms with Crippen molar-refractivity contribution in [3.05, 3.63) is 66.2 Å². The molecule has 0 heterocycles. The topological polar surface area (TPSA) is 18.5 Å². The molecule has 0 aliphatic rings. The number of hydrogen-bond donors (Lipinski definition) is 0. The lowest BCUT2D eigenvalue weighted by atomic mass is 10.00. The smallest absolute Gasteiger partial charge is 0.224 e. The van der Waals surface area contributed by atoms with E-state index in [4.69, 9.17) is 8.85 Å². The van der Waals surface area contributed by atoms with E-state index in [9.17, 15) is 0 Å². The molecular weight excluding hydrogens is 449 g/mol. The Bertz CT molecular complexity index is 753. The van der Waals surface area contributed by atoms with Crippen LogP contribution >= 0.6 is 0 Å². The molecule has 0 amide bonds. The molecule has 0 saturated heterocycles. The van der Waals surface area contributed by atoms with E-state index in [0.29, 0.717) is 0 Å². The normalized spacial score (nSPS) is 12.2. The van der Waals surface area contributed by atoms with Gasteiger partial charge in [-0.1, -0.05) is 108 Å². The van der Waals surface area contributed by atoms with E-state index in [2.05, 4.69) is 96.7 Å². The number of rotatable bonds is 16. The first-order valence-corrected chi connectivity index (χ1v) is 18.3. The van der Waals surface area contributed by atoms with Crippen LogP contribution in [0.4, 0.5) is 0 Å². The van der Waals surface area contributed by atoms with Crippen molar-refractivity contribution in [2.75, 3.05) is 13.2 Å².